The molecular formula is C14H20ClFN2. The molecule has 2 nitrogen and oxygen atoms in total. The number of aryl methyl sites for hydroxylation is 1. The van der Waals surface area contributed by atoms with E-state index in [1.807, 2.05) is 13.0 Å². The van der Waals surface area contributed by atoms with Gasteiger partial charge in [0.1, 0.15) is 5.82 Å². The van der Waals surface area contributed by atoms with Gasteiger partial charge in [-0.2, -0.15) is 0 Å². The molecule has 100 valence electrons. The molecule has 0 bridgehead atoms. The molecule has 1 aliphatic rings. The molecule has 1 saturated heterocycles. The van der Waals surface area contributed by atoms with E-state index < -0.39 is 0 Å². The minimum atomic E-state index is -0.142. The molecule has 0 amide bonds. The summed E-state index contributed by atoms with van der Waals surface area (Å²) in [5.74, 6) is 0.555. The standard InChI is InChI=1S/C14H20ClFN2/c1-12-2-3-14(16)10-13(12)11-18-8-6-17(5-4-15)7-9-18/h2-3,10H,4-9,11H2,1H3. The molecule has 0 aliphatic carbocycles. The predicted octanol–water partition coefficient (Wildman–Crippen LogP) is 2.49. The van der Waals surface area contributed by atoms with Gasteiger partial charge in [-0.05, 0) is 30.2 Å². The Kier molecular flexibility index (Phi) is 4.98. The van der Waals surface area contributed by atoms with Crippen molar-refractivity contribution in [2.24, 2.45) is 0 Å². The number of hydrogen-bond acceptors (Lipinski definition) is 2. The fourth-order valence-corrected chi connectivity index (χ4v) is 2.58. The third-order valence-corrected chi connectivity index (χ3v) is 3.74. The molecule has 0 spiro atoms. The van der Waals surface area contributed by atoms with E-state index in [-0.39, 0.29) is 5.82 Å². The van der Waals surface area contributed by atoms with Crippen LogP contribution in [-0.2, 0) is 6.54 Å². The summed E-state index contributed by atoms with van der Waals surface area (Å²) in [5.41, 5.74) is 2.26. The molecule has 2 rings (SSSR count). The van der Waals surface area contributed by atoms with E-state index in [1.54, 1.807) is 6.07 Å². The zero-order chi connectivity index (χ0) is 13.0. The van der Waals surface area contributed by atoms with Crippen molar-refractivity contribution < 1.29 is 4.39 Å². The third-order valence-electron chi connectivity index (χ3n) is 3.57. The molecule has 1 fully saturated rings. The Morgan fingerprint density at radius 2 is 1.83 bits per heavy atom. The van der Waals surface area contributed by atoms with Crippen LogP contribution in [0.2, 0.25) is 0 Å². The normalized spacial score (nSPS) is 18.2. The Labute approximate surface area is 113 Å². The smallest absolute Gasteiger partial charge is 0.123 e. The second kappa shape index (κ2) is 6.50. The molecule has 1 heterocycles. The summed E-state index contributed by atoms with van der Waals surface area (Å²) in [6, 6.07) is 5.03. The van der Waals surface area contributed by atoms with Gasteiger partial charge in [0.15, 0.2) is 0 Å². The molecular weight excluding hydrogens is 251 g/mol. The first-order chi connectivity index (χ1) is 8.69. The molecule has 1 aromatic carbocycles. The monoisotopic (exact) mass is 270 g/mol. The SMILES string of the molecule is Cc1ccc(F)cc1CN1CCN(CCCl)CC1. The highest BCUT2D eigenvalue weighted by Gasteiger charge is 2.16. The van der Waals surface area contributed by atoms with Crippen LogP contribution in [0, 0.1) is 12.7 Å². The van der Waals surface area contributed by atoms with Crippen molar-refractivity contribution in [1.82, 2.24) is 9.80 Å². The number of benzene rings is 1. The first-order valence-electron chi connectivity index (χ1n) is 6.45. The Morgan fingerprint density at radius 3 is 2.50 bits per heavy atom. The van der Waals surface area contributed by atoms with Gasteiger partial charge in [0.2, 0.25) is 0 Å². The number of nitrogens with zero attached hydrogens (tertiary/aromatic N) is 2. The van der Waals surface area contributed by atoms with Gasteiger partial charge < -0.3 is 0 Å². The molecule has 0 atom stereocenters. The van der Waals surface area contributed by atoms with Crippen molar-refractivity contribution in [2.45, 2.75) is 13.5 Å². The van der Waals surface area contributed by atoms with Crippen LogP contribution in [0.3, 0.4) is 0 Å². The van der Waals surface area contributed by atoms with Crippen LogP contribution >= 0.6 is 11.6 Å². The second-order valence-electron chi connectivity index (χ2n) is 4.88. The zero-order valence-electron chi connectivity index (χ0n) is 10.8. The number of halogens is 2. The quantitative estimate of drug-likeness (QED) is 0.776. The van der Waals surface area contributed by atoms with Crippen LogP contribution < -0.4 is 0 Å². The van der Waals surface area contributed by atoms with Crippen molar-refractivity contribution in [1.29, 1.82) is 0 Å². The van der Waals surface area contributed by atoms with Crippen molar-refractivity contribution in [3.05, 3.63) is 35.1 Å². The van der Waals surface area contributed by atoms with E-state index in [0.717, 1.165) is 44.8 Å². The molecule has 0 saturated carbocycles. The number of alkyl halides is 1. The summed E-state index contributed by atoms with van der Waals surface area (Å²) in [5, 5.41) is 0. The van der Waals surface area contributed by atoms with E-state index in [1.165, 1.54) is 11.6 Å². The summed E-state index contributed by atoms with van der Waals surface area (Å²) in [6.45, 7) is 8.03. The van der Waals surface area contributed by atoms with Gasteiger partial charge >= 0.3 is 0 Å². The van der Waals surface area contributed by atoms with Crippen LogP contribution in [0.4, 0.5) is 4.39 Å². The number of piperazine rings is 1. The van der Waals surface area contributed by atoms with E-state index >= 15 is 0 Å². The Morgan fingerprint density at radius 1 is 1.17 bits per heavy atom. The highest BCUT2D eigenvalue weighted by Crippen LogP contribution is 2.14. The van der Waals surface area contributed by atoms with Crippen LogP contribution in [-0.4, -0.2) is 48.4 Å². The molecule has 4 heteroatoms. The summed E-state index contributed by atoms with van der Waals surface area (Å²) >= 11 is 5.74. The average Bonchev–Trinajstić information content (AvgIpc) is 2.37. The van der Waals surface area contributed by atoms with Crippen LogP contribution in [0.1, 0.15) is 11.1 Å². The predicted molar refractivity (Wildman–Crippen MR) is 73.6 cm³/mol. The lowest BCUT2D eigenvalue weighted by Gasteiger charge is -2.34. The van der Waals surface area contributed by atoms with Gasteiger partial charge in [0.25, 0.3) is 0 Å². The highest BCUT2D eigenvalue weighted by molar-refractivity contribution is 6.18. The Hall–Kier alpha value is -0.640. The van der Waals surface area contributed by atoms with Crippen LogP contribution in [0.15, 0.2) is 18.2 Å². The lowest BCUT2D eigenvalue weighted by atomic mass is 10.1. The summed E-state index contributed by atoms with van der Waals surface area (Å²) < 4.78 is 13.2. The molecule has 0 unspecified atom stereocenters. The van der Waals surface area contributed by atoms with E-state index in [4.69, 9.17) is 11.6 Å². The van der Waals surface area contributed by atoms with Crippen LogP contribution in [0.5, 0.6) is 0 Å². The molecule has 1 aromatic rings. The number of hydrogen-bond donors (Lipinski definition) is 0. The molecule has 0 N–H and O–H groups in total. The average molecular weight is 271 g/mol. The van der Waals surface area contributed by atoms with Crippen molar-refractivity contribution in [3.63, 3.8) is 0 Å². The maximum absolute atomic E-state index is 13.2. The van der Waals surface area contributed by atoms with E-state index in [0.29, 0.717) is 5.88 Å². The zero-order valence-corrected chi connectivity index (χ0v) is 11.6. The summed E-state index contributed by atoms with van der Waals surface area (Å²) in [6.07, 6.45) is 0. The number of rotatable bonds is 4. The maximum Gasteiger partial charge on any atom is 0.123 e. The van der Waals surface area contributed by atoms with Gasteiger partial charge in [0.05, 0.1) is 0 Å². The second-order valence-corrected chi connectivity index (χ2v) is 5.26. The molecule has 1 aliphatic heterocycles. The van der Waals surface area contributed by atoms with E-state index in [9.17, 15) is 4.39 Å². The van der Waals surface area contributed by atoms with Gasteiger partial charge in [-0.25, -0.2) is 4.39 Å². The van der Waals surface area contributed by atoms with Gasteiger partial charge in [-0.3, -0.25) is 9.80 Å². The van der Waals surface area contributed by atoms with Gasteiger partial charge in [-0.1, -0.05) is 6.07 Å². The van der Waals surface area contributed by atoms with Crippen molar-refractivity contribution >= 4 is 11.6 Å². The highest BCUT2D eigenvalue weighted by atomic mass is 35.5. The Balaban J connectivity index is 1.89. The summed E-state index contributed by atoms with van der Waals surface area (Å²) in [4.78, 5) is 4.76. The maximum atomic E-state index is 13.2. The third kappa shape index (κ3) is 3.67. The largest absolute Gasteiger partial charge is 0.300 e. The van der Waals surface area contributed by atoms with Crippen molar-refractivity contribution in [3.8, 4) is 0 Å². The topological polar surface area (TPSA) is 6.48 Å². The lowest BCUT2D eigenvalue weighted by Crippen LogP contribution is -2.46. The molecule has 0 aromatic heterocycles. The van der Waals surface area contributed by atoms with Gasteiger partial charge in [0, 0.05) is 45.1 Å². The molecule has 18 heavy (non-hydrogen) atoms. The van der Waals surface area contributed by atoms with Gasteiger partial charge in [-0.15, -0.1) is 11.6 Å². The first-order valence-corrected chi connectivity index (χ1v) is 6.98. The minimum Gasteiger partial charge on any atom is -0.300 e. The Bertz CT molecular complexity index is 389. The fraction of sp³-hybridized carbons (Fsp3) is 0.571. The molecule has 0 radical (unpaired) electrons. The lowest BCUT2D eigenvalue weighted by molar-refractivity contribution is 0.132. The van der Waals surface area contributed by atoms with E-state index in [2.05, 4.69) is 9.80 Å². The van der Waals surface area contributed by atoms with Crippen LogP contribution in [0.25, 0.3) is 0 Å². The van der Waals surface area contributed by atoms with Crippen molar-refractivity contribution in [2.75, 3.05) is 38.6 Å². The fourth-order valence-electron chi connectivity index (χ4n) is 2.34. The first kappa shape index (κ1) is 13.8. The summed E-state index contributed by atoms with van der Waals surface area (Å²) in [7, 11) is 0. The minimum absolute atomic E-state index is 0.142.